The Morgan fingerprint density at radius 3 is 2.64 bits per heavy atom. The molecule has 1 aromatic carbocycles. The third kappa shape index (κ3) is 6.44. The van der Waals surface area contributed by atoms with Gasteiger partial charge in [-0.05, 0) is 42.7 Å². The van der Waals surface area contributed by atoms with E-state index in [4.69, 9.17) is 14.5 Å². The van der Waals surface area contributed by atoms with Crippen molar-refractivity contribution in [3.63, 3.8) is 0 Å². The lowest BCUT2D eigenvalue weighted by Crippen LogP contribution is -2.35. The van der Waals surface area contributed by atoms with Gasteiger partial charge in [-0.2, -0.15) is 4.98 Å². The number of ketones is 1. The number of pyridine rings is 1. The van der Waals surface area contributed by atoms with Gasteiger partial charge in [0.2, 0.25) is 11.8 Å². The predicted molar refractivity (Wildman–Crippen MR) is 140 cm³/mol. The van der Waals surface area contributed by atoms with Crippen LogP contribution in [-0.4, -0.2) is 59.0 Å². The van der Waals surface area contributed by atoms with Crippen molar-refractivity contribution in [2.24, 2.45) is 0 Å². The zero-order chi connectivity index (χ0) is 25.5. The summed E-state index contributed by atoms with van der Waals surface area (Å²) in [6.07, 6.45) is 5.11. The van der Waals surface area contributed by atoms with E-state index in [-0.39, 0.29) is 12.2 Å². The molecule has 1 aliphatic heterocycles. The summed E-state index contributed by atoms with van der Waals surface area (Å²) in [5.41, 5.74) is 5.50. The summed E-state index contributed by atoms with van der Waals surface area (Å²) < 4.78 is 10.7. The highest BCUT2D eigenvalue weighted by atomic mass is 16.5. The van der Waals surface area contributed by atoms with Crippen LogP contribution >= 0.6 is 0 Å². The van der Waals surface area contributed by atoms with Crippen molar-refractivity contribution in [3.05, 3.63) is 71.6 Å². The van der Waals surface area contributed by atoms with Gasteiger partial charge in [-0.25, -0.2) is 9.97 Å². The van der Waals surface area contributed by atoms with Crippen molar-refractivity contribution in [2.45, 2.75) is 26.8 Å². The Bertz CT molecular complexity index is 1240. The molecule has 36 heavy (non-hydrogen) atoms. The number of nitrogens with zero attached hydrogens (tertiary/aromatic N) is 4. The van der Waals surface area contributed by atoms with Crippen LogP contribution in [0, 0.1) is 13.8 Å². The first-order valence-electron chi connectivity index (χ1n) is 11.9. The molecule has 0 saturated carbocycles. The van der Waals surface area contributed by atoms with Gasteiger partial charge in [-0.3, -0.25) is 9.69 Å². The van der Waals surface area contributed by atoms with E-state index in [1.54, 1.807) is 25.6 Å². The molecular weight excluding hydrogens is 456 g/mol. The van der Waals surface area contributed by atoms with Crippen molar-refractivity contribution in [2.75, 3.05) is 44.0 Å². The number of morpholine rings is 1. The average molecular weight is 489 g/mol. The molecule has 0 unspecified atom stereocenters. The molecule has 1 saturated heterocycles. The molecule has 3 heterocycles. The molecule has 1 aliphatic rings. The van der Waals surface area contributed by atoms with Crippen molar-refractivity contribution >= 4 is 28.9 Å². The quantitative estimate of drug-likeness (QED) is 0.408. The van der Waals surface area contributed by atoms with E-state index in [2.05, 4.69) is 44.2 Å². The topological polar surface area (TPSA) is 102 Å². The maximum atomic E-state index is 12.3. The second kappa shape index (κ2) is 11.7. The Morgan fingerprint density at radius 1 is 1.11 bits per heavy atom. The summed E-state index contributed by atoms with van der Waals surface area (Å²) in [7, 11) is 1.58. The summed E-state index contributed by atoms with van der Waals surface area (Å²) in [6.45, 7) is 11.6. The molecule has 0 amide bonds. The van der Waals surface area contributed by atoms with E-state index in [0.717, 1.165) is 66.5 Å². The van der Waals surface area contributed by atoms with Gasteiger partial charge in [0.15, 0.2) is 5.78 Å². The van der Waals surface area contributed by atoms with Crippen LogP contribution < -0.4 is 15.4 Å². The molecular formula is C27H32N6O3. The smallest absolute Gasteiger partial charge is 0.229 e. The van der Waals surface area contributed by atoms with Crippen molar-refractivity contribution in [1.29, 1.82) is 0 Å². The third-order valence-corrected chi connectivity index (χ3v) is 6.03. The molecule has 3 aromatic rings. The number of aryl methyl sites for hydroxylation is 2. The molecule has 0 bridgehead atoms. The number of nitrogens with one attached hydrogen (secondary N) is 2. The number of allylic oxidation sites excluding steroid dienone is 1. The molecule has 2 N–H and O–H groups in total. The summed E-state index contributed by atoms with van der Waals surface area (Å²) in [5, 5.41) is 6.66. The Labute approximate surface area is 211 Å². The average Bonchev–Trinajstić information content (AvgIpc) is 2.89. The summed E-state index contributed by atoms with van der Waals surface area (Å²) in [4.78, 5) is 28.0. The zero-order valence-corrected chi connectivity index (χ0v) is 21.0. The number of rotatable bonds is 10. The number of methoxy groups -OCH3 is 1. The van der Waals surface area contributed by atoms with E-state index in [9.17, 15) is 4.79 Å². The summed E-state index contributed by atoms with van der Waals surface area (Å²) in [6, 6.07) is 7.98. The van der Waals surface area contributed by atoms with Crippen molar-refractivity contribution in [1.82, 2.24) is 19.9 Å². The lowest BCUT2D eigenvalue weighted by atomic mass is 10.0. The molecule has 188 valence electrons. The highest BCUT2D eigenvalue weighted by Crippen LogP contribution is 2.27. The number of benzene rings is 1. The molecule has 0 aliphatic carbocycles. The maximum absolute atomic E-state index is 12.3. The van der Waals surface area contributed by atoms with Crippen LogP contribution in [0.1, 0.15) is 22.3 Å². The summed E-state index contributed by atoms with van der Waals surface area (Å²) >= 11 is 0. The Balaban J connectivity index is 1.58. The third-order valence-electron chi connectivity index (χ3n) is 6.03. The molecule has 9 heteroatoms. The molecule has 9 nitrogen and oxygen atoms in total. The fraction of sp³-hybridized carbons (Fsp3) is 0.333. The van der Waals surface area contributed by atoms with E-state index >= 15 is 0 Å². The maximum Gasteiger partial charge on any atom is 0.229 e. The lowest BCUT2D eigenvalue weighted by molar-refractivity contribution is -0.114. The lowest BCUT2D eigenvalue weighted by Gasteiger charge is -2.27. The van der Waals surface area contributed by atoms with Crippen LogP contribution in [-0.2, 0) is 22.5 Å². The SMILES string of the molecule is C=CC(=O)Cc1cc(CN2CCOCC2)ccc1Nc1nc(Nc2cc(OC)ncc2C)ncc1C. The van der Waals surface area contributed by atoms with Gasteiger partial charge in [-0.1, -0.05) is 18.7 Å². The number of anilines is 4. The Morgan fingerprint density at radius 2 is 1.89 bits per heavy atom. The number of ether oxygens (including phenoxy) is 2. The zero-order valence-electron chi connectivity index (χ0n) is 21.0. The normalized spacial score (nSPS) is 13.8. The number of hydrogen-bond donors (Lipinski definition) is 2. The van der Waals surface area contributed by atoms with Crippen LogP contribution in [0.5, 0.6) is 5.88 Å². The minimum absolute atomic E-state index is 0.0366. The van der Waals surface area contributed by atoms with Crippen LogP contribution in [0.15, 0.2) is 49.3 Å². The number of carbonyl (C=O) groups is 1. The predicted octanol–water partition coefficient (Wildman–Crippen LogP) is 4.11. The molecule has 1 fully saturated rings. The number of hydrogen-bond acceptors (Lipinski definition) is 9. The van der Waals surface area contributed by atoms with E-state index < -0.39 is 0 Å². The van der Waals surface area contributed by atoms with E-state index in [1.165, 1.54) is 6.08 Å². The molecule has 0 spiro atoms. The first-order valence-corrected chi connectivity index (χ1v) is 11.9. The standard InChI is InChI=1S/C27H32N6O3/c1-5-22(34)13-21-12-20(17-33-8-10-36-11-9-33)6-7-23(21)30-26-19(3)16-29-27(32-26)31-24-14-25(35-4)28-15-18(24)2/h5-7,12,14-16H,1,8-11,13,17H2,2-4H3,(H2,28,29,30,31,32). The largest absolute Gasteiger partial charge is 0.481 e. The van der Waals surface area contributed by atoms with Gasteiger partial charge >= 0.3 is 0 Å². The molecule has 0 radical (unpaired) electrons. The van der Waals surface area contributed by atoms with Gasteiger partial charge in [0, 0.05) is 55.8 Å². The molecule has 2 aromatic heterocycles. The van der Waals surface area contributed by atoms with Crippen LogP contribution in [0.4, 0.5) is 23.1 Å². The number of aromatic nitrogens is 3. The van der Waals surface area contributed by atoms with Crippen LogP contribution in [0.25, 0.3) is 0 Å². The van der Waals surface area contributed by atoms with Crippen LogP contribution in [0.2, 0.25) is 0 Å². The first-order chi connectivity index (χ1) is 17.4. The summed E-state index contributed by atoms with van der Waals surface area (Å²) in [5.74, 6) is 1.55. The second-order valence-corrected chi connectivity index (χ2v) is 8.74. The first kappa shape index (κ1) is 25.3. The van der Waals surface area contributed by atoms with E-state index in [1.807, 2.05) is 19.9 Å². The number of carbonyl (C=O) groups excluding carboxylic acids is 1. The fourth-order valence-electron chi connectivity index (χ4n) is 3.92. The van der Waals surface area contributed by atoms with Crippen molar-refractivity contribution in [3.8, 4) is 5.88 Å². The van der Waals surface area contributed by atoms with Gasteiger partial charge in [0.25, 0.3) is 0 Å². The highest BCUT2D eigenvalue weighted by Gasteiger charge is 2.15. The van der Waals surface area contributed by atoms with Crippen LogP contribution in [0.3, 0.4) is 0 Å². The van der Waals surface area contributed by atoms with Gasteiger partial charge in [-0.15, -0.1) is 0 Å². The fourth-order valence-corrected chi connectivity index (χ4v) is 3.92. The molecule has 0 atom stereocenters. The van der Waals surface area contributed by atoms with Gasteiger partial charge < -0.3 is 20.1 Å². The van der Waals surface area contributed by atoms with Gasteiger partial charge in [0.05, 0.1) is 26.0 Å². The minimum atomic E-state index is -0.0366. The second-order valence-electron chi connectivity index (χ2n) is 8.74. The monoisotopic (exact) mass is 488 g/mol. The van der Waals surface area contributed by atoms with Gasteiger partial charge in [0.1, 0.15) is 5.82 Å². The molecule has 4 rings (SSSR count). The minimum Gasteiger partial charge on any atom is -0.481 e. The van der Waals surface area contributed by atoms with Crippen molar-refractivity contribution < 1.29 is 14.3 Å². The highest BCUT2D eigenvalue weighted by molar-refractivity contribution is 5.92. The Kier molecular flexibility index (Phi) is 8.24. The van der Waals surface area contributed by atoms with E-state index in [0.29, 0.717) is 17.6 Å². The Hall–Kier alpha value is -3.82.